The number of hydrogen-bond acceptors (Lipinski definition) is 4. The third-order valence-electron chi connectivity index (χ3n) is 4.56. The summed E-state index contributed by atoms with van der Waals surface area (Å²) in [4.78, 5) is 17.7. The number of benzene rings is 1. The smallest absolute Gasteiger partial charge is 0.354 e. The van der Waals surface area contributed by atoms with Gasteiger partial charge in [0.25, 0.3) is 0 Å². The summed E-state index contributed by atoms with van der Waals surface area (Å²) < 4.78 is 0. The molecule has 1 aliphatic heterocycles. The highest BCUT2D eigenvalue weighted by atomic mass is 16.4. The molecule has 5 heteroatoms. The van der Waals surface area contributed by atoms with E-state index in [1.165, 1.54) is 11.6 Å². The topological polar surface area (TPSA) is 65.5 Å². The molecule has 5 nitrogen and oxygen atoms in total. The molecule has 1 aliphatic rings. The van der Waals surface area contributed by atoms with Gasteiger partial charge in [-0.1, -0.05) is 36.4 Å². The molecule has 1 aromatic heterocycles. The zero-order chi connectivity index (χ0) is 16.9. The molecule has 2 atom stereocenters. The summed E-state index contributed by atoms with van der Waals surface area (Å²) in [7, 11) is 0. The van der Waals surface area contributed by atoms with Crippen molar-refractivity contribution in [2.75, 3.05) is 11.9 Å². The average Bonchev–Trinajstić information content (AvgIpc) is 2.58. The summed E-state index contributed by atoms with van der Waals surface area (Å²) >= 11 is 0. The standard InChI is InChI=1S/C19H23N3O2/c1-14-12-16(20-18-9-5-8-17(21-18)19(23)24)10-11-22(14)13-15-6-3-2-4-7-15/h2-9,14,16H,10-13H2,1H3,(H,20,21)(H,23,24). The number of pyridine rings is 1. The first kappa shape index (κ1) is 16.5. The van der Waals surface area contributed by atoms with E-state index in [1.807, 2.05) is 12.1 Å². The number of hydrogen-bond donors (Lipinski definition) is 2. The van der Waals surface area contributed by atoms with Crippen LogP contribution >= 0.6 is 0 Å². The molecule has 24 heavy (non-hydrogen) atoms. The zero-order valence-electron chi connectivity index (χ0n) is 13.9. The number of carboxylic acid groups (broad SMARTS) is 1. The summed E-state index contributed by atoms with van der Waals surface area (Å²) in [5.74, 6) is -0.353. The van der Waals surface area contributed by atoms with Gasteiger partial charge in [-0.15, -0.1) is 0 Å². The van der Waals surface area contributed by atoms with E-state index in [0.29, 0.717) is 17.9 Å². The van der Waals surface area contributed by atoms with Crippen molar-refractivity contribution in [3.05, 3.63) is 59.8 Å². The van der Waals surface area contributed by atoms with Crippen LogP contribution in [0.1, 0.15) is 35.8 Å². The number of anilines is 1. The Hall–Kier alpha value is -2.40. The molecule has 2 N–H and O–H groups in total. The third kappa shape index (κ3) is 4.11. The maximum atomic E-state index is 11.0. The maximum absolute atomic E-state index is 11.0. The van der Waals surface area contributed by atoms with Crippen LogP contribution in [0.25, 0.3) is 0 Å². The van der Waals surface area contributed by atoms with Gasteiger partial charge in [0.2, 0.25) is 0 Å². The molecule has 0 bridgehead atoms. The predicted octanol–water partition coefficient (Wildman–Crippen LogP) is 3.24. The van der Waals surface area contributed by atoms with Crippen LogP contribution in [0, 0.1) is 0 Å². The van der Waals surface area contributed by atoms with Gasteiger partial charge in [0, 0.05) is 25.2 Å². The van der Waals surface area contributed by atoms with Gasteiger partial charge < -0.3 is 10.4 Å². The van der Waals surface area contributed by atoms with Crippen molar-refractivity contribution in [3.63, 3.8) is 0 Å². The highest BCUT2D eigenvalue weighted by Crippen LogP contribution is 2.22. The van der Waals surface area contributed by atoms with Gasteiger partial charge in [0.15, 0.2) is 5.69 Å². The van der Waals surface area contributed by atoms with Crippen LogP contribution in [0.4, 0.5) is 5.82 Å². The lowest BCUT2D eigenvalue weighted by Crippen LogP contribution is -2.44. The van der Waals surface area contributed by atoms with Crippen LogP contribution in [0.5, 0.6) is 0 Å². The quantitative estimate of drug-likeness (QED) is 0.883. The van der Waals surface area contributed by atoms with Gasteiger partial charge in [-0.3, -0.25) is 4.90 Å². The van der Waals surface area contributed by atoms with E-state index in [2.05, 4.69) is 46.4 Å². The highest BCUT2D eigenvalue weighted by molar-refractivity contribution is 5.85. The predicted molar refractivity (Wildman–Crippen MR) is 94.2 cm³/mol. The Kier molecular flexibility index (Phi) is 5.11. The summed E-state index contributed by atoms with van der Waals surface area (Å²) in [6.07, 6.45) is 2.04. The van der Waals surface area contributed by atoms with Gasteiger partial charge in [-0.25, -0.2) is 9.78 Å². The Bertz CT molecular complexity index is 690. The number of likely N-dealkylation sites (tertiary alicyclic amines) is 1. The highest BCUT2D eigenvalue weighted by Gasteiger charge is 2.25. The fourth-order valence-electron chi connectivity index (χ4n) is 3.25. The van der Waals surface area contributed by atoms with Crippen LogP contribution < -0.4 is 5.32 Å². The van der Waals surface area contributed by atoms with Crippen molar-refractivity contribution in [2.45, 2.75) is 38.4 Å². The molecule has 2 unspecified atom stereocenters. The molecule has 2 aromatic rings. The lowest BCUT2D eigenvalue weighted by atomic mass is 9.97. The first-order valence-corrected chi connectivity index (χ1v) is 8.36. The monoisotopic (exact) mass is 325 g/mol. The Morgan fingerprint density at radius 2 is 2.04 bits per heavy atom. The van der Waals surface area contributed by atoms with Crippen LogP contribution in [0.15, 0.2) is 48.5 Å². The lowest BCUT2D eigenvalue weighted by molar-refractivity contribution is 0.0690. The van der Waals surface area contributed by atoms with E-state index < -0.39 is 5.97 Å². The zero-order valence-corrected chi connectivity index (χ0v) is 13.9. The van der Waals surface area contributed by atoms with E-state index in [9.17, 15) is 4.79 Å². The molecule has 1 fully saturated rings. The number of carbonyl (C=O) groups is 1. The molecule has 1 aromatic carbocycles. The van der Waals surface area contributed by atoms with Crippen molar-refractivity contribution < 1.29 is 9.90 Å². The van der Waals surface area contributed by atoms with Crippen molar-refractivity contribution in [1.82, 2.24) is 9.88 Å². The molecule has 0 aliphatic carbocycles. The van der Waals surface area contributed by atoms with Gasteiger partial charge in [-0.05, 0) is 37.5 Å². The van der Waals surface area contributed by atoms with E-state index in [1.54, 1.807) is 6.07 Å². The molecule has 0 radical (unpaired) electrons. The number of aromatic nitrogens is 1. The van der Waals surface area contributed by atoms with Crippen LogP contribution in [-0.4, -0.2) is 39.6 Å². The third-order valence-corrected chi connectivity index (χ3v) is 4.56. The molecule has 1 saturated heterocycles. The number of aromatic carboxylic acids is 1. The van der Waals surface area contributed by atoms with Crippen molar-refractivity contribution in [1.29, 1.82) is 0 Å². The Labute approximate surface area is 142 Å². The fraction of sp³-hybridized carbons (Fsp3) is 0.368. The Morgan fingerprint density at radius 1 is 1.25 bits per heavy atom. The second kappa shape index (κ2) is 7.45. The average molecular weight is 325 g/mol. The van der Waals surface area contributed by atoms with Crippen LogP contribution in [0.2, 0.25) is 0 Å². The first-order chi connectivity index (χ1) is 11.6. The van der Waals surface area contributed by atoms with Gasteiger partial charge in [0.05, 0.1) is 0 Å². The second-order valence-corrected chi connectivity index (χ2v) is 6.38. The number of piperidine rings is 1. The van der Waals surface area contributed by atoms with E-state index in [4.69, 9.17) is 5.11 Å². The first-order valence-electron chi connectivity index (χ1n) is 8.36. The summed E-state index contributed by atoms with van der Waals surface area (Å²) in [6.45, 7) is 4.24. The van der Waals surface area contributed by atoms with Gasteiger partial charge in [-0.2, -0.15) is 0 Å². The molecule has 2 heterocycles. The second-order valence-electron chi connectivity index (χ2n) is 6.38. The van der Waals surface area contributed by atoms with E-state index >= 15 is 0 Å². The SMILES string of the molecule is CC1CC(Nc2cccc(C(=O)O)n2)CCN1Cc1ccccc1. The molecular formula is C19H23N3O2. The normalized spacial score (nSPS) is 21.4. The minimum atomic E-state index is -0.996. The fourth-order valence-corrected chi connectivity index (χ4v) is 3.25. The van der Waals surface area contributed by atoms with Crippen LogP contribution in [-0.2, 0) is 6.54 Å². The van der Waals surface area contributed by atoms with Crippen LogP contribution in [0.3, 0.4) is 0 Å². The Balaban J connectivity index is 1.57. The molecule has 0 spiro atoms. The molecular weight excluding hydrogens is 302 g/mol. The van der Waals surface area contributed by atoms with Crippen molar-refractivity contribution in [3.8, 4) is 0 Å². The van der Waals surface area contributed by atoms with Crippen molar-refractivity contribution >= 4 is 11.8 Å². The maximum Gasteiger partial charge on any atom is 0.354 e. The van der Waals surface area contributed by atoms with Gasteiger partial charge in [0.1, 0.15) is 5.82 Å². The van der Waals surface area contributed by atoms with E-state index in [-0.39, 0.29) is 5.69 Å². The molecule has 0 amide bonds. The summed E-state index contributed by atoms with van der Waals surface area (Å²) in [5.41, 5.74) is 1.42. The summed E-state index contributed by atoms with van der Waals surface area (Å²) in [5, 5.41) is 12.4. The van der Waals surface area contributed by atoms with E-state index in [0.717, 1.165) is 25.9 Å². The number of carboxylic acids is 1. The lowest BCUT2D eigenvalue weighted by Gasteiger charge is -2.38. The molecule has 0 saturated carbocycles. The number of nitrogens with one attached hydrogen (secondary N) is 1. The number of nitrogens with zero attached hydrogens (tertiary/aromatic N) is 2. The molecule has 126 valence electrons. The van der Waals surface area contributed by atoms with Gasteiger partial charge >= 0.3 is 5.97 Å². The summed E-state index contributed by atoms with van der Waals surface area (Å²) in [6, 6.07) is 16.4. The van der Waals surface area contributed by atoms with Crippen molar-refractivity contribution in [2.24, 2.45) is 0 Å². The largest absolute Gasteiger partial charge is 0.477 e. The minimum Gasteiger partial charge on any atom is -0.477 e. The Morgan fingerprint density at radius 3 is 2.75 bits per heavy atom. The minimum absolute atomic E-state index is 0.0783. The number of rotatable bonds is 5. The molecule has 3 rings (SSSR count).